The van der Waals surface area contributed by atoms with Gasteiger partial charge in [-0.15, -0.1) is 0 Å². The second-order valence-electron chi connectivity index (χ2n) is 4.03. The van der Waals surface area contributed by atoms with Crippen molar-refractivity contribution in [3.8, 4) is 5.75 Å². The molecule has 4 nitrogen and oxygen atoms in total. The summed E-state index contributed by atoms with van der Waals surface area (Å²) in [4.78, 5) is 35.1. The molecule has 0 saturated carbocycles. The molecule has 1 aromatic rings. The Kier molecular flexibility index (Phi) is 3.10. The lowest BCUT2D eigenvalue weighted by atomic mass is 9.89. The third kappa shape index (κ3) is 1.97. The van der Waals surface area contributed by atoms with Gasteiger partial charge in [0, 0.05) is 17.6 Å². The van der Waals surface area contributed by atoms with Crippen LogP contribution in [0.1, 0.15) is 41.0 Å². The first-order chi connectivity index (χ1) is 8.54. The number of ether oxygens (including phenoxy) is 1. The minimum atomic E-state index is -0.435. The number of esters is 1. The van der Waals surface area contributed by atoms with Crippen molar-refractivity contribution < 1.29 is 19.1 Å². The molecule has 0 unspecified atom stereocenters. The minimum absolute atomic E-state index is 0.154. The predicted molar refractivity (Wildman–Crippen MR) is 64.8 cm³/mol. The molecule has 0 N–H and O–H groups in total. The number of hydrogen-bond acceptors (Lipinski definition) is 4. The highest BCUT2D eigenvalue weighted by Crippen LogP contribution is 2.29. The number of benzene rings is 1. The lowest BCUT2D eigenvalue weighted by Crippen LogP contribution is -2.18. The van der Waals surface area contributed by atoms with Crippen LogP contribution in [-0.2, 0) is 4.79 Å². The average molecular weight is 244 g/mol. The van der Waals surface area contributed by atoms with Gasteiger partial charge in [0.25, 0.3) is 0 Å². The van der Waals surface area contributed by atoms with Crippen LogP contribution in [0, 0.1) is 0 Å². The molecule has 92 valence electrons. The Bertz CT molecular complexity index is 581. The van der Waals surface area contributed by atoms with Gasteiger partial charge in [-0.05, 0) is 19.1 Å². The number of allylic oxidation sites excluding steroid dienone is 2. The van der Waals surface area contributed by atoms with Gasteiger partial charge in [0.05, 0.1) is 5.56 Å². The Morgan fingerprint density at radius 3 is 2.67 bits per heavy atom. The van der Waals surface area contributed by atoms with Crippen molar-refractivity contribution in [2.45, 2.75) is 20.3 Å². The standard InChI is InChI=1S/C14H12O4/c1-3-12(16)18-11-6-4-5-9-13(11)10(15)7-8(2)14(9)17/h4-7H,3H2,1-2H3. The fourth-order valence-electron chi connectivity index (χ4n) is 1.80. The van der Waals surface area contributed by atoms with Crippen LogP contribution in [-0.4, -0.2) is 17.5 Å². The maximum Gasteiger partial charge on any atom is 0.310 e. The Hall–Kier alpha value is -2.23. The van der Waals surface area contributed by atoms with Gasteiger partial charge < -0.3 is 4.74 Å². The third-order valence-electron chi connectivity index (χ3n) is 2.74. The molecule has 0 heterocycles. The van der Waals surface area contributed by atoms with Crippen LogP contribution in [0.25, 0.3) is 0 Å². The summed E-state index contributed by atoms with van der Waals surface area (Å²) in [7, 11) is 0. The van der Waals surface area contributed by atoms with Crippen molar-refractivity contribution >= 4 is 17.5 Å². The molecule has 0 amide bonds. The highest BCUT2D eigenvalue weighted by molar-refractivity contribution is 6.25. The summed E-state index contributed by atoms with van der Waals surface area (Å²) in [5, 5.41) is 0. The number of fused-ring (bicyclic) bond motifs is 1. The molecule has 1 aliphatic rings. The topological polar surface area (TPSA) is 60.4 Å². The highest BCUT2D eigenvalue weighted by atomic mass is 16.5. The first-order valence-corrected chi connectivity index (χ1v) is 5.65. The number of carbonyl (C=O) groups excluding carboxylic acids is 3. The maximum atomic E-state index is 11.9. The molecular weight excluding hydrogens is 232 g/mol. The Balaban J connectivity index is 2.53. The van der Waals surface area contributed by atoms with Gasteiger partial charge in [-0.3, -0.25) is 14.4 Å². The number of Topliss-reactive ketones (excluding diaryl/α,β-unsaturated/α-hetero) is 1. The van der Waals surface area contributed by atoms with Crippen LogP contribution in [0.2, 0.25) is 0 Å². The molecule has 0 bridgehead atoms. The van der Waals surface area contributed by atoms with Crippen LogP contribution in [0.15, 0.2) is 29.8 Å². The van der Waals surface area contributed by atoms with Gasteiger partial charge in [-0.25, -0.2) is 0 Å². The third-order valence-corrected chi connectivity index (χ3v) is 2.74. The van der Waals surface area contributed by atoms with E-state index in [0.29, 0.717) is 11.1 Å². The molecule has 0 aliphatic heterocycles. The van der Waals surface area contributed by atoms with E-state index in [1.165, 1.54) is 12.1 Å². The second kappa shape index (κ2) is 4.56. The van der Waals surface area contributed by atoms with Crippen molar-refractivity contribution in [1.29, 1.82) is 0 Å². The summed E-state index contributed by atoms with van der Waals surface area (Å²) in [5.41, 5.74) is 0.864. The SMILES string of the molecule is CCC(=O)Oc1cccc2c1C(=O)C=C(C)C2=O. The molecule has 0 radical (unpaired) electrons. The van der Waals surface area contributed by atoms with E-state index < -0.39 is 5.97 Å². The molecule has 0 spiro atoms. The molecule has 1 aliphatic carbocycles. The van der Waals surface area contributed by atoms with E-state index in [-0.39, 0.29) is 29.3 Å². The normalized spacial score (nSPS) is 14.0. The summed E-state index contributed by atoms with van der Waals surface area (Å²) in [6, 6.07) is 4.68. The van der Waals surface area contributed by atoms with Gasteiger partial charge >= 0.3 is 5.97 Å². The van der Waals surface area contributed by atoms with Crippen molar-refractivity contribution in [3.05, 3.63) is 41.0 Å². The molecule has 0 atom stereocenters. The summed E-state index contributed by atoms with van der Waals surface area (Å²) in [6.45, 7) is 3.25. The zero-order chi connectivity index (χ0) is 13.3. The fourth-order valence-corrected chi connectivity index (χ4v) is 1.80. The van der Waals surface area contributed by atoms with E-state index in [1.54, 1.807) is 26.0 Å². The molecule has 2 rings (SSSR count). The summed E-state index contributed by atoms with van der Waals surface area (Å²) >= 11 is 0. The molecule has 4 heteroatoms. The van der Waals surface area contributed by atoms with Crippen LogP contribution >= 0.6 is 0 Å². The maximum absolute atomic E-state index is 11.9. The van der Waals surface area contributed by atoms with Crippen molar-refractivity contribution in [2.75, 3.05) is 0 Å². The molecular formula is C14H12O4. The minimum Gasteiger partial charge on any atom is -0.426 e. The largest absolute Gasteiger partial charge is 0.426 e. The van der Waals surface area contributed by atoms with Gasteiger partial charge in [-0.2, -0.15) is 0 Å². The first-order valence-electron chi connectivity index (χ1n) is 5.65. The van der Waals surface area contributed by atoms with Crippen LogP contribution in [0.4, 0.5) is 0 Å². The second-order valence-corrected chi connectivity index (χ2v) is 4.03. The number of ketones is 2. The van der Waals surface area contributed by atoms with Crippen molar-refractivity contribution in [2.24, 2.45) is 0 Å². The van der Waals surface area contributed by atoms with Crippen LogP contribution < -0.4 is 4.74 Å². The van der Waals surface area contributed by atoms with Gasteiger partial charge in [-0.1, -0.05) is 19.1 Å². The zero-order valence-electron chi connectivity index (χ0n) is 10.1. The molecule has 0 saturated heterocycles. The Labute approximate surface area is 104 Å². The number of rotatable bonds is 2. The van der Waals surface area contributed by atoms with E-state index in [9.17, 15) is 14.4 Å². The van der Waals surface area contributed by atoms with Gasteiger partial charge in [0.1, 0.15) is 5.75 Å². The molecule has 1 aromatic carbocycles. The fraction of sp³-hybridized carbons (Fsp3) is 0.214. The summed E-state index contributed by atoms with van der Waals surface area (Å²) < 4.78 is 5.07. The van der Waals surface area contributed by atoms with E-state index >= 15 is 0 Å². The van der Waals surface area contributed by atoms with E-state index in [4.69, 9.17) is 4.74 Å². The number of carbonyl (C=O) groups is 3. The predicted octanol–water partition coefficient (Wildman–Crippen LogP) is 2.33. The average Bonchev–Trinajstić information content (AvgIpc) is 2.35. The van der Waals surface area contributed by atoms with Gasteiger partial charge in [0.15, 0.2) is 11.6 Å². The zero-order valence-corrected chi connectivity index (χ0v) is 10.1. The van der Waals surface area contributed by atoms with E-state index in [0.717, 1.165) is 0 Å². The lowest BCUT2D eigenvalue weighted by molar-refractivity contribution is -0.134. The van der Waals surface area contributed by atoms with Crippen molar-refractivity contribution in [1.82, 2.24) is 0 Å². The quantitative estimate of drug-likeness (QED) is 0.591. The monoisotopic (exact) mass is 244 g/mol. The van der Waals surface area contributed by atoms with E-state index in [2.05, 4.69) is 0 Å². The van der Waals surface area contributed by atoms with E-state index in [1.807, 2.05) is 0 Å². The lowest BCUT2D eigenvalue weighted by Gasteiger charge is -2.15. The number of hydrogen-bond donors (Lipinski definition) is 0. The molecule has 0 fully saturated rings. The van der Waals surface area contributed by atoms with Gasteiger partial charge in [0.2, 0.25) is 0 Å². The molecule has 18 heavy (non-hydrogen) atoms. The van der Waals surface area contributed by atoms with Crippen LogP contribution in [0.5, 0.6) is 5.75 Å². The van der Waals surface area contributed by atoms with Crippen molar-refractivity contribution in [3.63, 3.8) is 0 Å². The Morgan fingerprint density at radius 1 is 1.28 bits per heavy atom. The molecule has 0 aromatic heterocycles. The highest BCUT2D eigenvalue weighted by Gasteiger charge is 2.26. The first kappa shape index (κ1) is 12.2. The summed E-state index contributed by atoms with van der Waals surface area (Å²) in [5.74, 6) is -0.794. The van der Waals surface area contributed by atoms with Crippen LogP contribution in [0.3, 0.4) is 0 Å². The summed E-state index contributed by atoms with van der Waals surface area (Å²) in [6.07, 6.45) is 1.48. The smallest absolute Gasteiger partial charge is 0.310 e. The Morgan fingerprint density at radius 2 is 2.00 bits per heavy atom.